The highest BCUT2D eigenvalue weighted by Crippen LogP contribution is 2.21. The van der Waals surface area contributed by atoms with E-state index in [2.05, 4.69) is 22.4 Å². The molecule has 3 rings (SSSR count). The van der Waals surface area contributed by atoms with Gasteiger partial charge < -0.3 is 9.84 Å². The lowest BCUT2D eigenvalue weighted by molar-refractivity contribution is 0.346. The Morgan fingerprint density at radius 3 is 2.48 bits per heavy atom. The molecule has 9 heteroatoms. The average molecular weight is 415 g/mol. The van der Waals surface area contributed by atoms with Crippen LogP contribution in [0, 0.1) is 0 Å². The van der Waals surface area contributed by atoms with Crippen molar-refractivity contribution in [2.75, 3.05) is 20.1 Å². The minimum absolute atomic E-state index is 0. The Labute approximate surface area is 167 Å². The van der Waals surface area contributed by atoms with Gasteiger partial charge in [-0.25, -0.2) is 8.42 Å². The van der Waals surface area contributed by atoms with Gasteiger partial charge in [0, 0.05) is 25.6 Å². The average Bonchev–Trinajstić information content (AvgIpc) is 3.09. The number of likely N-dealkylation sites (N-methyl/N-ethyl adjacent to an activating group) is 1. The van der Waals surface area contributed by atoms with Crippen LogP contribution in [-0.4, -0.2) is 49.0 Å². The lowest BCUT2D eigenvalue weighted by atomic mass is 10.1. The molecule has 0 radical (unpaired) electrons. The maximum Gasteiger partial charge on any atom is 0.243 e. The van der Waals surface area contributed by atoms with E-state index in [9.17, 15) is 8.42 Å². The SMILES string of the molecule is CNC(C)Cc1noc(Cc2ccc(S(=O)(=O)N3CCCCC3)cc2)n1.Cl. The third kappa shape index (κ3) is 5.51. The molecule has 0 spiro atoms. The van der Waals surface area contributed by atoms with Gasteiger partial charge in [-0.05, 0) is 44.5 Å². The Kier molecular flexibility index (Phi) is 7.79. The largest absolute Gasteiger partial charge is 0.339 e. The third-order valence-electron chi connectivity index (χ3n) is 4.72. The van der Waals surface area contributed by atoms with Crippen LogP contribution in [0.3, 0.4) is 0 Å². The summed E-state index contributed by atoms with van der Waals surface area (Å²) in [5, 5.41) is 7.13. The number of benzene rings is 1. The number of nitrogens with one attached hydrogen (secondary N) is 1. The maximum atomic E-state index is 12.7. The Bertz CT molecular complexity index is 817. The minimum Gasteiger partial charge on any atom is -0.339 e. The lowest BCUT2D eigenvalue weighted by Crippen LogP contribution is -2.35. The van der Waals surface area contributed by atoms with E-state index in [0.717, 1.165) is 24.8 Å². The highest BCUT2D eigenvalue weighted by Gasteiger charge is 2.25. The molecule has 1 unspecified atom stereocenters. The van der Waals surface area contributed by atoms with Crippen molar-refractivity contribution in [2.45, 2.75) is 50.0 Å². The predicted molar refractivity (Wildman–Crippen MR) is 106 cm³/mol. The first-order chi connectivity index (χ1) is 12.5. The Hall–Kier alpha value is -1.48. The second kappa shape index (κ2) is 9.64. The van der Waals surface area contributed by atoms with Crippen LogP contribution in [-0.2, 0) is 22.9 Å². The standard InChI is InChI=1S/C18H26N4O3S.ClH/c1-14(19-2)12-17-20-18(25-21-17)13-15-6-8-16(9-7-15)26(23,24)22-10-4-3-5-11-22;/h6-9,14,19H,3-5,10-13H2,1-2H3;1H. The van der Waals surface area contributed by atoms with Gasteiger partial charge >= 0.3 is 0 Å². The van der Waals surface area contributed by atoms with Gasteiger partial charge in [0.05, 0.1) is 11.3 Å². The number of piperidine rings is 1. The van der Waals surface area contributed by atoms with E-state index < -0.39 is 10.0 Å². The highest BCUT2D eigenvalue weighted by molar-refractivity contribution is 7.89. The van der Waals surface area contributed by atoms with Gasteiger partial charge in [-0.1, -0.05) is 23.7 Å². The monoisotopic (exact) mass is 414 g/mol. The molecule has 1 N–H and O–H groups in total. The molecule has 1 aliphatic heterocycles. The molecule has 7 nitrogen and oxygen atoms in total. The first kappa shape index (κ1) is 21.8. The minimum atomic E-state index is -3.39. The van der Waals surface area contributed by atoms with E-state index >= 15 is 0 Å². The molecule has 2 heterocycles. The van der Waals surface area contributed by atoms with Gasteiger partial charge in [-0.2, -0.15) is 9.29 Å². The summed E-state index contributed by atoms with van der Waals surface area (Å²) < 4.78 is 32.2. The van der Waals surface area contributed by atoms with Crippen LogP contribution in [0.15, 0.2) is 33.7 Å². The van der Waals surface area contributed by atoms with Gasteiger partial charge in [0.15, 0.2) is 5.82 Å². The molecule has 1 fully saturated rings. The second-order valence-corrected chi connectivity index (χ2v) is 8.72. The fraction of sp³-hybridized carbons (Fsp3) is 0.556. The summed E-state index contributed by atoms with van der Waals surface area (Å²) in [7, 11) is -1.49. The van der Waals surface area contributed by atoms with Gasteiger partial charge in [0.2, 0.25) is 15.9 Å². The number of nitrogens with zero attached hydrogens (tertiary/aromatic N) is 3. The van der Waals surface area contributed by atoms with E-state index in [1.807, 2.05) is 19.2 Å². The quantitative estimate of drug-likeness (QED) is 0.748. The van der Waals surface area contributed by atoms with Crippen molar-refractivity contribution in [1.29, 1.82) is 0 Å². The van der Waals surface area contributed by atoms with E-state index in [-0.39, 0.29) is 18.4 Å². The first-order valence-electron chi connectivity index (χ1n) is 9.07. The molecule has 150 valence electrons. The molecule has 27 heavy (non-hydrogen) atoms. The molecule has 0 amide bonds. The fourth-order valence-electron chi connectivity index (χ4n) is 3.03. The predicted octanol–water partition coefficient (Wildman–Crippen LogP) is 2.41. The van der Waals surface area contributed by atoms with Crippen LogP contribution in [0.5, 0.6) is 0 Å². The van der Waals surface area contributed by atoms with Gasteiger partial charge in [0.1, 0.15) is 0 Å². The molecule has 0 bridgehead atoms. The molecule has 0 aliphatic carbocycles. The molecule has 1 aromatic carbocycles. The zero-order valence-electron chi connectivity index (χ0n) is 15.7. The summed E-state index contributed by atoms with van der Waals surface area (Å²) in [5.74, 6) is 1.21. The molecular formula is C18H27ClN4O3S. The normalized spacial score (nSPS) is 16.7. The third-order valence-corrected chi connectivity index (χ3v) is 6.64. The van der Waals surface area contributed by atoms with Crippen molar-refractivity contribution >= 4 is 22.4 Å². The topological polar surface area (TPSA) is 88.3 Å². The highest BCUT2D eigenvalue weighted by atomic mass is 35.5. The number of rotatable bonds is 7. The number of aromatic nitrogens is 2. The Morgan fingerprint density at radius 2 is 1.85 bits per heavy atom. The van der Waals surface area contributed by atoms with Crippen molar-refractivity contribution < 1.29 is 12.9 Å². The van der Waals surface area contributed by atoms with Crippen molar-refractivity contribution in [1.82, 2.24) is 19.8 Å². The van der Waals surface area contributed by atoms with Gasteiger partial charge in [0.25, 0.3) is 0 Å². The van der Waals surface area contributed by atoms with E-state index in [4.69, 9.17) is 4.52 Å². The molecule has 0 saturated carbocycles. The molecular weight excluding hydrogens is 388 g/mol. The van der Waals surface area contributed by atoms with Crippen molar-refractivity contribution in [3.63, 3.8) is 0 Å². The van der Waals surface area contributed by atoms with Crippen LogP contribution in [0.4, 0.5) is 0 Å². The van der Waals surface area contributed by atoms with Crippen molar-refractivity contribution in [3.05, 3.63) is 41.5 Å². The zero-order valence-corrected chi connectivity index (χ0v) is 17.4. The van der Waals surface area contributed by atoms with Crippen molar-refractivity contribution in [3.8, 4) is 0 Å². The number of hydrogen-bond donors (Lipinski definition) is 1. The zero-order chi connectivity index (χ0) is 18.6. The van der Waals surface area contributed by atoms with Crippen LogP contribution in [0.2, 0.25) is 0 Å². The molecule has 2 aromatic rings. The number of hydrogen-bond acceptors (Lipinski definition) is 6. The van der Waals surface area contributed by atoms with Crippen LogP contribution in [0.25, 0.3) is 0 Å². The first-order valence-corrected chi connectivity index (χ1v) is 10.5. The smallest absolute Gasteiger partial charge is 0.243 e. The second-order valence-electron chi connectivity index (χ2n) is 6.78. The van der Waals surface area contributed by atoms with Crippen molar-refractivity contribution in [2.24, 2.45) is 0 Å². The fourth-order valence-corrected chi connectivity index (χ4v) is 4.55. The van der Waals surface area contributed by atoms with E-state index in [1.165, 1.54) is 0 Å². The summed E-state index contributed by atoms with van der Waals surface area (Å²) in [6.07, 6.45) is 4.16. The summed E-state index contributed by atoms with van der Waals surface area (Å²) >= 11 is 0. The number of sulfonamides is 1. The summed E-state index contributed by atoms with van der Waals surface area (Å²) in [6, 6.07) is 7.24. The van der Waals surface area contributed by atoms with Crippen LogP contribution < -0.4 is 5.32 Å². The lowest BCUT2D eigenvalue weighted by Gasteiger charge is -2.25. The summed E-state index contributed by atoms with van der Waals surface area (Å²) in [5.41, 5.74) is 0.944. The molecule has 1 aromatic heterocycles. The van der Waals surface area contributed by atoms with Gasteiger partial charge in [-0.15, -0.1) is 12.4 Å². The van der Waals surface area contributed by atoms with E-state index in [1.54, 1.807) is 16.4 Å². The Balaban J connectivity index is 0.00000261. The summed E-state index contributed by atoms with van der Waals surface area (Å²) in [6.45, 7) is 3.28. The molecule has 1 saturated heterocycles. The van der Waals surface area contributed by atoms with Crippen LogP contribution >= 0.6 is 12.4 Å². The molecule has 1 atom stereocenters. The van der Waals surface area contributed by atoms with Gasteiger partial charge in [-0.3, -0.25) is 0 Å². The summed E-state index contributed by atoms with van der Waals surface area (Å²) in [4.78, 5) is 4.74. The Morgan fingerprint density at radius 1 is 1.19 bits per heavy atom. The molecule has 1 aliphatic rings. The number of halogens is 1. The van der Waals surface area contributed by atoms with E-state index in [0.29, 0.717) is 42.5 Å². The maximum absolute atomic E-state index is 12.7. The van der Waals surface area contributed by atoms with Crippen LogP contribution in [0.1, 0.15) is 43.5 Å².